The average molecular weight is 221 g/mol. The molecular formula is C13H19NO2. The second-order valence-electron chi connectivity index (χ2n) is 4.48. The van der Waals surface area contributed by atoms with Crippen LogP contribution in [-0.4, -0.2) is 23.8 Å². The number of carbonyl (C=O) groups is 1. The summed E-state index contributed by atoms with van der Waals surface area (Å²) in [6.45, 7) is 4.19. The van der Waals surface area contributed by atoms with Gasteiger partial charge in [-0.3, -0.25) is 9.69 Å². The SMILES string of the molecule is CCCCN(Cc1ccc(C=O)o1)C1CC1. The van der Waals surface area contributed by atoms with Crippen LogP contribution in [0.25, 0.3) is 0 Å². The number of rotatable bonds is 7. The van der Waals surface area contributed by atoms with Gasteiger partial charge in [-0.15, -0.1) is 0 Å². The van der Waals surface area contributed by atoms with E-state index in [0.29, 0.717) is 5.76 Å². The van der Waals surface area contributed by atoms with Gasteiger partial charge in [0.25, 0.3) is 0 Å². The molecule has 0 amide bonds. The van der Waals surface area contributed by atoms with Crippen molar-refractivity contribution in [1.29, 1.82) is 0 Å². The summed E-state index contributed by atoms with van der Waals surface area (Å²) in [5.74, 6) is 1.34. The highest BCUT2D eigenvalue weighted by atomic mass is 16.3. The van der Waals surface area contributed by atoms with Crippen molar-refractivity contribution in [3.8, 4) is 0 Å². The summed E-state index contributed by atoms with van der Waals surface area (Å²) in [6, 6.07) is 4.40. The molecule has 2 rings (SSSR count). The Hall–Kier alpha value is -1.09. The van der Waals surface area contributed by atoms with E-state index in [1.165, 1.54) is 25.7 Å². The van der Waals surface area contributed by atoms with Crippen LogP contribution in [0.5, 0.6) is 0 Å². The lowest BCUT2D eigenvalue weighted by Gasteiger charge is -2.20. The Bertz CT molecular complexity index is 341. The second-order valence-corrected chi connectivity index (χ2v) is 4.48. The molecule has 3 nitrogen and oxygen atoms in total. The molecule has 0 unspecified atom stereocenters. The van der Waals surface area contributed by atoms with E-state index in [0.717, 1.165) is 31.2 Å². The predicted octanol–water partition coefficient (Wildman–Crippen LogP) is 2.86. The van der Waals surface area contributed by atoms with Gasteiger partial charge in [0.1, 0.15) is 5.76 Å². The number of unbranched alkanes of at least 4 members (excludes halogenated alkanes) is 1. The van der Waals surface area contributed by atoms with Gasteiger partial charge in [0.15, 0.2) is 12.0 Å². The summed E-state index contributed by atoms with van der Waals surface area (Å²) in [6.07, 6.45) is 5.84. The summed E-state index contributed by atoms with van der Waals surface area (Å²) >= 11 is 0. The second kappa shape index (κ2) is 5.30. The Labute approximate surface area is 96.4 Å². The molecule has 0 atom stereocenters. The fourth-order valence-corrected chi connectivity index (χ4v) is 1.93. The molecule has 1 heterocycles. The van der Waals surface area contributed by atoms with Crippen LogP contribution in [0.15, 0.2) is 16.5 Å². The maximum absolute atomic E-state index is 10.5. The third-order valence-electron chi connectivity index (χ3n) is 3.02. The molecule has 0 radical (unpaired) electrons. The van der Waals surface area contributed by atoms with Gasteiger partial charge in [-0.1, -0.05) is 13.3 Å². The third-order valence-corrected chi connectivity index (χ3v) is 3.02. The van der Waals surface area contributed by atoms with Gasteiger partial charge >= 0.3 is 0 Å². The van der Waals surface area contributed by atoms with E-state index in [-0.39, 0.29) is 0 Å². The van der Waals surface area contributed by atoms with Crippen LogP contribution < -0.4 is 0 Å². The predicted molar refractivity (Wildman–Crippen MR) is 62.4 cm³/mol. The van der Waals surface area contributed by atoms with Gasteiger partial charge in [0, 0.05) is 6.04 Å². The Balaban J connectivity index is 1.91. The van der Waals surface area contributed by atoms with E-state index >= 15 is 0 Å². The van der Waals surface area contributed by atoms with Crippen LogP contribution in [0.4, 0.5) is 0 Å². The van der Waals surface area contributed by atoms with E-state index in [1.54, 1.807) is 6.07 Å². The van der Waals surface area contributed by atoms with Crippen molar-refractivity contribution in [2.75, 3.05) is 6.54 Å². The number of furan rings is 1. The molecule has 88 valence electrons. The number of hydrogen-bond acceptors (Lipinski definition) is 3. The maximum Gasteiger partial charge on any atom is 0.185 e. The van der Waals surface area contributed by atoms with Crippen molar-refractivity contribution in [2.45, 2.75) is 45.2 Å². The van der Waals surface area contributed by atoms with Crippen molar-refractivity contribution < 1.29 is 9.21 Å². The van der Waals surface area contributed by atoms with E-state index in [4.69, 9.17) is 4.42 Å². The molecule has 1 fully saturated rings. The first-order valence-corrected chi connectivity index (χ1v) is 6.11. The molecular weight excluding hydrogens is 202 g/mol. The van der Waals surface area contributed by atoms with Gasteiger partial charge in [0.2, 0.25) is 0 Å². The molecule has 1 aromatic rings. The molecule has 3 heteroatoms. The molecule has 0 saturated heterocycles. The Morgan fingerprint density at radius 2 is 2.31 bits per heavy atom. The molecule has 0 spiro atoms. The summed E-state index contributed by atoms with van der Waals surface area (Å²) < 4.78 is 5.41. The average Bonchev–Trinajstić information content (AvgIpc) is 3.05. The third kappa shape index (κ3) is 2.95. The molecule has 1 saturated carbocycles. The smallest absolute Gasteiger partial charge is 0.185 e. The summed E-state index contributed by atoms with van der Waals surface area (Å²) in [4.78, 5) is 13.0. The van der Waals surface area contributed by atoms with Crippen molar-refractivity contribution >= 4 is 6.29 Å². The molecule has 0 aromatic carbocycles. The molecule has 0 aliphatic heterocycles. The quantitative estimate of drug-likeness (QED) is 0.664. The summed E-state index contributed by atoms with van der Waals surface area (Å²) in [7, 11) is 0. The molecule has 1 aromatic heterocycles. The first-order chi connectivity index (χ1) is 7.83. The largest absolute Gasteiger partial charge is 0.457 e. The number of carbonyl (C=O) groups excluding carboxylic acids is 1. The fraction of sp³-hybridized carbons (Fsp3) is 0.615. The Morgan fingerprint density at radius 3 is 2.88 bits per heavy atom. The van der Waals surface area contributed by atoms with Crippen molar-refractivity contribution in [2.24, 2.45) is 0 Å². The molecule has 1 aliphatic rings. The van der Waals surface area contributed by atoms with Gasteiger partial charge < -0.3 is 4.42 Å². The van der Waals surface area contributed by atoms with Crippen LogP contribution in [0, 0.1) is 0 Å². The lowest BCUT2D eigenvalue weighted by molar-refractivity contribution is 0.109. The standard InChI is InChI=1S/C13H19NO2/c1-2-3-8-14(11-4-5-11)9-12-6-7-13(10-15)16-12/h6-7,10-11H,2-5,8-9H2,1H3. The number of aldehydes is 1. The van der Waals surface area contributed by atoms with E-state index in [1.807, 2.05) is 6.07 Å². The zero-order valence-electron chi connectivity index (χ0n) is 9.82. The van der Waals surface area contributed by atoms with E-state index in [2.05, 4.69) is 11.8 Å². The Kier molecular flexibility index (Phi) is 3.78. The maximum atomic E-state index is 10.5. The van der Waals surface area contributed by atoms with Crippen LogP contribution in [0.3, 0.4) is 0 Å². The van der Waals surface area contributed by atoms with Crippen molar-refractivity contribution in [1.82, 2.24) is 4.90 Å². The molecule has 0 bridgehead atoms. The fourth-order valence-electron chi connectivity index (χ4n) is 1.93. The zero-order valence-corrected chi connectivity index (χ0v) is 9.82. The Morgan fingerprint density at radius 1 is 1.50 bits per heavy atom. The van der Waals surface area contributed by atoms with E-state index < -0.39 is 0 Å². The minimum Gasteiger partial charge on any atom is -0.457 e. The number of nitrogens with zero attached hydrogens (tertiary/aromatic N) is 1. The first kappa shape index (κ1) is 11.4. The number of hydrogen-bond donors (Lipinski definition) is 0. The van der Waals surface area contributed by atoms with Crippen molar-refractivity contribution in [3.63, 3.8) is 0 Å². The normalized spacial score (nSPS) is 15.6. The van der Waals surface area contributed by atoms with Gasteiger partial charge in [0.05, 0.1) is 6.54 Å². The lowest BCUT2D eigenvalue weighted by atomic mass is 10.3. The summed E-state index contributed by atoms with van der Waals surface area (Å²) in [5.41, 5.74) is 0. The van der Waals surface area contributed by atoms with Crippen LogP contribution in [0.2, 0.25) is 0 Å². The minimum atomic E-state index is 0.432. The monoisotopic (exact) mass is 221 g/mol. The van der Waals surface area contributed by atoms with E-state index in [9.17, 15) is 4.79 Å². The first-order valence-electron chi connectivity index (χ1n) is 6.11. The zero-order chi connectivity index (χ0) is 11.4. The molecule has 16 heavy (non-hydrogen) atoms. The van der Waals surface area contributed by atoms with Crippen LogP contribution in [-0.2, 0) is 6.54 Å². The highest BCUT2D eigenvalue weighted by Crippen LogP contribution is 2.28. The summed E-state index contributed by atoms with van der Waals surface area (Å²) in [5, 5.41) is 0. The van der Waals surface area contributed by atoms with Gasteiger partial charge in [-0.05, 0) is 37.9 Å². The van der Waals surface area contributed by atoms with Crippen LogP contribution in [0.1, 0.15) is 48.9 Å². The topological polar surface area (TPSA) is 33.5 Å². The highest BCUT2D eigenvalue weighted by molar-refractivity contribution is 5.70. The lowest BCUT2D eigenvalue weighted by Crippen LogP contribution is -2.26. The molecule has 1 aliphatic carbocycles. The van der Waals surface area contributed by atoms with Crippen LogP contribution >= 0.6 is 0 Å². The van der Waals surface area contributed by atoms with Gasteiger partial charge in [-0.25, -0.2) is 0 Å². The highest BCUT2D eigenvalue weighted by Gasteiger charge is 2.28. The van der Waals surface area contributed by atoms with Crippen molar-refractivity contribution in [3.05, 3.63) is 23.7 Å². The molecule has 0 N–H and O–H groups in total. The van der Waals surface area contributed by atoms with Gasteiger partial charge in [-0.2, -0.15) is 0 Å². The minimum absolute atomic E-state index is 0.432.